The minimum Gasteiger partial charge on any atom is -0.494 e. The summed E-state index contributed by atoms with van der Waals surface area (Å²) in [7, 11) is 0.991. The number of rotatable bonds is 11. The third-order valence-corrected chi connectivity index (χ3v) is 11.0. The van der Waals surface area contributed by atoms with Crippen molar-refractivity contribution >= 4 is 52.3 Å². The molecule has 4 aliphatic heterocycles. The van der Waals surface area contributed by atoms with Gasteiger partial charge in [-0.05, 0) is 42.8 Å². The van der Waals surface area contributed by atoms with Crippen LogP contribution < -0.4 is 10.8 Å². The highest BCUT2D eigenvalue weighted by atomic mass is 16.8. The Labute approximate surface area is 338 Å². The van der Waals surface area contributed by atoms with E-state index in [1.807, 2.05) is 30.3 Å². The third kappa shape index (κ3) is 8.56. The van der Waals surface area contributed by atoms with Gasteiger partial charge in [0, 0.05) is 48.3 Å². The number of ketones is 1. The highest BCUT2D eigenvalue weighted by Gasteiger charge is 2.56. The molecule has 5 heterocycles. The van der Waals surface area contributed by atoms with Gasteiger partial charge in [-0.2, -0.15) is 0 Å². The minimum absolute atomic E-state index is 0.0913. The number of aliphatic hydroxyl groups is 5. The number of piperazine rings is 1. The number of nitrogens with one attached hydrogen (secondary N) is 2. The number of nitrogens with zero attached hydrogens (tertiary/aromatic N) is 3. The van der Waals surface area contributed by atoms with E-state index in [4.69, 9.17) is 28.5 Å². The molecule has 18 nitrogen and oxygen atoms in total. The predicted molar refractivity (Wildman–Crippen MR) is 211 cm³/mol. The van der Waals surface area contributed by atoms with Crippen molar-refractivity contribution in [2.24, 2.45) is 4.99 Å². The summed E-state index contributed by atoms with van der Waals surface area (Å²) < 4.78 is 29.1. The van der Waals surface area contributed by atoms with Gasteiger partial charge < -0.3 is 69.4 Å². The number of H-pyrrole nitrogens is 1. The average molecular weight is 816 g/mol. The standard InChI is InChI=1S/C40H46BN5O13/c1-45-13-15-46(16-14-45)18-29(49)42-23-8-10-24(11-9-23)43-31(21-5-3-2-4-6-21)30-25-12-7-22(17-26(25)44-38(30)54)41-58-37-35(53)36(28(20-48)56-40(37)59-41)57-39-34(52)33(51)32(50)27(19-47)55-39/h2-12,17,27-28,32,34-37,39-40,44,47-48,50,52-54H,13-16,18-20H2,1H3,(H,42,49)/t27-,28-,32-,34-,35+,36-,37-,39-,40+/m1/s1. The number of carbonyl (C=O) groups excluding carboxylic acids is 2. The summed E-state index contributed by atoms with van der Waals surface area (Å²) in [6, 6.07) is 21.8. The van der Waals surface area contributed by atoms with Gasteiger partial charge in [0.1, 0.15) is 36.6 Å². The van der Waals surface area contributed by atoms with Gasteiger partial charge in [0.05, 0.1) is 36.7 Å². The first kappa shape index (κ1) is 41.1. The number of Topliss-reactive ketones (excluding diaryl/α,β-unsaturated/α-hetero) is 1. The molecule has 0 unspecified atom stereocenters. The topological polar surface area (TPSA) is 248 Å². The molecule has 19 heteroatoms. The lowest BCUT2D eigenvalue weighted by atomic mass is 9.79. The molecule has 3 aromatic carbocycles. The SMILES string of the molecule is CN1CCN(CC(=O)Nc2ccc(N=C(c3ccccc3)c3c(O)[nH]c4cc(B5O[C@@H]6O[C@H](CO)[C@@H](O[C@H]7O[C@H](CO)[C@@H](O)C(=O)[C@H]7O)[C@H](O)[C@H]6O5)ccc34)cc2)CC1. The Morgan fingerprint density at radius 1 is 0.932 bits per heavy atom. The molecule has 8 N–H and O–H groups in total. The van der Waals surface area contributed by atoms with Crippen molar-refractivity contribution in [1.82, 2.24) is 14.8 Å². The van der Waals surface area contributed by atoms with Crippen LogP contribution in [0.3, 0.4) is 0 Å². The number of hydrogen-bond acceptors (Lipinski definition) is 16. The van der Waals surface area contributed by atoms with E-state index in [0.717, 1.165) is 31.7 Å². The van der Waals surface area contributed by atoms with E-state index < -0.39 is 81.4 Å². The molecule has 4 aromatic rings. The highest BCUT2D eigenvalue weighted by Crippen LogP contribution is 2.35. The van der Waals surface area contributed by atoms with Crippen LogP contribution in [0.2, 0.25) is 0 Å². The largest absolute Gasteiger partial charge is 0.496 e. The molecule has 0 radical (unpaired) electrons. The Morgan fingerprint density at radius 2 is 1.66 bits per heavy atom. The fourth-order valence-electron chi connectivity index (χ4n) is 7.74. The molecule has 0 saturated carbocycles. The fraction of sp³-hybridized carbons (Fsp3) is 0.425. The van der Waals surface area contributed by atoms with Crippen molar-refractivity contribution in [3.05, 3.63) is 83.9 Å². The number of amides is 1. The number of aliphatic imine (C=N–C) groups is 1. The van der Waals surface area contributed by atoms with Crippen LogP contribution in [0.25, 0.3) is 10.9 Å². The van der Waals surface area contributed by atoms with Crippen molar-refractivity contribution in [2.45, 2.75) is 55.3 Å². The Balaban J connectivity index is 0.997. The van der Waals surface area contributed by atoms with E-state index in [1.165, 1.54) is 0 Å². The zero-order valence-corrected chi connectivity index (χ0v) is 32.0. The van der Waals surface area contributed by atoms with Crippen LogP contribution >= 0.6 is 0 Å². The molecule has 4 fully saturated rings. The van der Waals surface area contributed by atoms with Crippen molar-refractivity contribution in [1.29, 1.82) is 0 Å². The van der Waals surface area contributed by atoms with Gasteiger partial charge in [-0.25, -0.2) is 4.99 Å². The number of aromatic amines is 1. The quantitative estimate of drug-likeness (QED) is 0.0656. The molecule has 4 saturated heterocycles. The van der Waals surface area contributed by atoms with Gasteiger partial charge in [-0.3, -0.25) is 14.5 Å². The maximum absolute atomic E-state index is 12.8. The molecule has 0 aliphatic carbocycles. The summed E-state index contributed by atoms with van der Waals surface area (Å²) >= 11 is 0. The molecule has 9 atom stereocenters. The van der Waals surface area contributed by atoms with Crippen molar-refractivity contribution in [3.8, 4) is 5.88 Å². The molecular weight excluding hydrogens is 769 g/mol. The van der Waals surface area contributed by atoms with Gasteiger partial charge in [-0.15, -0.1) is 0 Å². The Kier molecular flexibility index (Phi) is 12.2. The van der Waals surface area contributed by atoms with E-state index in [-0.39, 0.29) is 11.8 Å². The molecule has 59 heavy (non-hydrogen) atoms. The van der Waals surface area contributed by atoms with Gasteiger partial charge in [0.2, 0.25) is 5.91 Å². The first-order chi connectivity index (χ1) is 28.5. The highest BCUT2D eigenvalue weighted by molar-refractivity contribution is 6.62. The lowest BCUT2D eigenvalue weighted by Gasteiger charge is -2.43. The smallest absolute Gasteiger partial charge is 0.494 e. The monoisotopic (exact) mass is 815 g/mol. The zero-order valence-electron chi connectivity index (χ0n) is 32.0. The number of anilines is 1. The van der Waals surface area contributed by atoms with Crippen LogP contribution in [0.4, 0.5) is 11.4 Å². The second kappa shape index (κ2) is 17.5. The zero-order chi connectivity index (χ0) is 41.4. The van der Waals surface area contributed by atoms with E-state index in [0.29, 0.717) is 45.6 Å². The van der Waals surface area contributed by atoms with Gasteiger partial charge in [0.15, 0.2) is 30.3 Å². The number of ether oxygens (including phenoxy) is 3. The van der Waals surface area contributed by atoms with Crippen LogP contribution in [-0.4, -0.2) is 178 Å². The molecule has 1 aromatic heterocycles. The summed E-state index contributed by atoms with van der Waals surface area (Å²) in [5.74, 6) is -1.26. The average Bonchev–Trinajstić information content (AvgIpc) is 3.82. The first-order valence-electron chi connectivity index (χ1n) is 19.4. The van der Waals surface area contributed by atoms with E-state index in [9.17, 15) is 40.2 Å². The van der Waals surface area contributed by atoms with Gasteiger partial charge in [-0.1, -0.05) is 42.5 Å². The van der Waals surface area contributed by atoms with Crippen LogP contribution in [0.15, 0.2) is 77.8 Å². The molecule has 312 valence electrons. The Morgan fingerprint density at radius 3 is 2.37 bits per heavy atom. The van der Waals surface area contributed by atoms with E-state index in [2.05, 4.69) is 27.1 Å². The van der Waals surface area contributed by atoms with Gasteiger partial charge in [0.25, 0.3) is 0 Å². The van der Waals surface area contributed by atoms with E-state index >= 15 is 0 Å². The van der Waals surface area contributed by atoms with Crippen LogP contribution in [0, 0.1) is 0 Å². The fourth-order valence-corrected chi connectivity index (χ4v) is 7.74. The van der Waals surface area contributed by atoms with Crippen molar-refractivity contribution < 1.29 is 63.7 Å². The lowest BCUT2D eigenvalue weighted by Crippen LogP contribution is -2.63. The number of aliphatic hydroxyl groups excluding tert-OH is 5. The Bertz CT molecular complexity index is 2150. The molecular formula is C40H46BN5O13. The number of benzene rings is 3. The summed E-state index contributed by atoms with van der Waals surface area (Å²) in [5.41, 5.74) is 3.91. The molecule has 1 amide bonds. The van der Waals surface area contributed by atoms with E-state index in [1.54, 1.807) is 42.5 Å². The summed E-state index contributed by atoms with van der Waals surface area (Å²) in [6.07, 6.45) is -13.2. The second-order valence-corrected chi connectivity index (χ2v) is 15.1. The number of likely N-dealkylation sites (N-methyl/N-ethyl adjacent to an activating group) is 1. The minimum atomic E-state index is -1.94. The first-order valence-corrected chi connectivity index (χ1v) is 19.4. The summed E-state index contributed by atoms with van der Waals surface area (Å²) in [6.45, 7) is 2.44. The lowest BCUT2D eigenvalue weighted by molar-refractivity contribution is -0.321. The number of aromatic hydroxyl groups is 1. The van der Waals surface area contributed by atoms with Crippen LogP contribution in [0.5, 0.6) is 5.88 Å². The van der Waals surface area contributed by atoms with Crippen molar-refractivity contribution in [3.63, 3.8) is 0 Å². The number of carbonyl (C=O) groups is 2. The predicted octanol–water partition coefficient (Wildman–Crippen LogP) is -1.19. The van der Waals surface area contributed by atoms with Gasteiger partial charge >= 0.3 is 7.12 Å². The number of aromatic nitrogens is 1. The summed E-state index contributed by atoms with van der Waals surface area (Å²) in [5, 5.41) is 66.4. The number of hydrogen-bond donors (Lipinski definition) is 8. The molecule has 8 rings (SSSR count). The maximum Gasteiger partial charge on any atom is 0.496 e. The Hall–Kier alpha value is -4.61. The third-order valence-electron chi connectivity index (χ3n) is 11.0. The maximum atomic E-state index is 12.8. The second-order valence-electron chi connectivity index (χ2n) is 15.1. The number of fused-ring (bicyclic) bond motifs is 2. The van der Waals surface area contributed by atoms with Crippen LogP contribution in [0.1, 0.15) is 11.1 Å². The van der Waals surface area contributed by atoms with Crippen molar-refractivity contribution in [2.75, 3.05) is 58.3 Å². The molecule has 0 bridgehead atoms. The molecule has 0 spiro atoms. The molecule has 4 aliphatic rings. The summed E-state index contributed by atoms with van der Waals surface area (Å²) in [4.78, 5) is 37.5. The van der Waals surface area contributed by atoms with Crippen LogP contribution in [-0.2, 0) is 33.1 Å². The normalized spacial score (nSPS) is 29.5.